The van der Waals surface area contributed by atoms with Crippen LogP contribution in [0, 0.1) is 10.1 Å². The SMILES string of the molecule is CN1CCN(C(=O)c2ccc(NC(=O)c3n[nH]c4ccc([N+](=O)[O-])cc34)cc2)CC1. The van der Waals surface area contributed by atoms with Crippen LogP contribution in [0.25, 0.3) is 10.9 Å². The number of non-ortho nitro benzene ring substituents is 1. The number of H-pyrrole nitrogens is 1. The summed E-state index contributed by atoms with van der Waals surface area (Å²) in [5, 5.41) is 20.8. The molecular formula is C20H20N6O4. The number of rotatable bonds is 4. The molecule has 0 atom stereocenters. The first-order valence-electron chi connectivity index (χ1n) is 9.44. The number of nitro groups is 1. The van der Waals surface area contributed by atoms with Crippen molar-refractivity contribution < 1.29 is 14.5 Å². The summed E-state index contributed by atoms with van der Waals surface area (Å²) >= 11 is 0. The van der Waals surface area contributed by atoms with Crippen molar-refractivity contribution in [3.8, 4) is 0 Å². The first-order chi connectivity index (χ1) is 14.4. The standard InChI is InChI=1S/C20H20N6O4/c1-24-8-10-25(11-9-24)20(28)13-2-4-14(5-3-13)21-19(27)18-16-12-15(26(29)30)6-7-17(16)22-23-18/h2-7,12H,8-11H2,1H3,(H,21,27)(H,22,23). The number of nitro benzene ring substituents is 1. The molecular weight excluding hydrogens is 388 g/mol. The number of carbonyl (C=O) groups excluding carboxylic acids is 2. The number of aromatic amines is 1. The van der Waals surface area contributed by atoms with E-state index in [0.29, 0.717) is 35.2 Å². The average molecular weight is 408 g/mol. The van der Waals surface area contributed by atoms with Crippen molar-refractivity contribution in [2.75, 3.05) is 38.5 Å². The number of amides is 2. The number of likely N-dealkylation sites (N-methyl/N-ethyl adjacent to an activating group) is 1. The van der Waals surface area contributed by atoms with Gasteiger partial charge in [0.1, 0.15) is 0 Å². The third-order valence-electron chi connectivity index (χ3n) is 5.15. The van der Waals surface area contributed by atoms with Crippen molar-refractivity contribution in [3.63, 3.8) is 0 Å². The number of hydrogen-bond acceptors (Lipinski definition) is 6. The van der Waals surface area contributed by atoms with Crippen molar-refractivity contribution in [2.45, 2.75) is 0 Å². The highest BCUT2D eigenvalue weighted by Gasteiger charge is 2.21. The Labute approximate surface area is 171 Å². The fourth-order valence-electron chi connectivity index (χ4n) is 3.37. The maximum absolute atomic E-state index is 12.6. The molecule has 3 aromatic rings. The van der Waals surface area contributed by atoms with Crippen LogP contribution >= 0.6 is 0 Å². The second-order valence-electron chi connectivity index (χ2n) is 7.19. The number of nitrogens with zero attached hydrogens (tertiary/aromatic N) is 4. The lowest BCUT2D eigenvalue weighted by Crippen LogP contribution is -2.47. The number of fused-ring (bicyclic) bond motifs is 1. The number of nitrogens with one attached hydrogen (secondary N) is 2. The molecule has 2 heterocycles. The van der Waals surface area contributed by atoms with Crippen molar-refractivity contribution in [1.82, 2.24) is 20.0 Å². The Morgan fingerprint density at radius 2 is 1.80 bits per heavy atom. The summed E-state index contributed by atoms with van der Waals surface area (Å²) in [6, 6.07) is 10.8. The fraction of sp³-hybridized carbons (Fsp3) is 0.250. The Kier molecular flexibility index (Phi) is 5.15. The number of benzene rings is 2. The van der Waals surface area contributed by atoms with Crippen molar-refractivity contribution in [2.24, 2.45) is 0 Å². The lowest BCUT2D eigenvalue weighted by molar-refractivity contribution is -0.384. The molecule has 1 aliphatic heterocycles. The first-order valence-corrected chi connectivity index (χ1v) is 9.44. The van der Waals surface area contributed by atoms with Gasteiger partial charge in [0, 0.05) is 54.9 Å². The molecule has 2 N–H and O–H groups in total. The molecule has 1 aromatic heterocycles. The Balaban J connectivity index is 1.48. The molecule has 0 bridgehead atoms. The number of piperazine rings is 1. The van der Waals surface area contributed by atoms with Gasteiger partial charge in [-0.15, -0.1) is 0 Å². The van der Waals surface area contributed by atoms with Crippen molar-refractivity contribution in [3.05, 3.63) is 63.8 Å². The summed E-state index contributed by atoms with van der Waals surface area (Å²) in [6.07, 6.45) is 0. The summed E-state index contributed by atoms with van der Waals surface area (Å²) in [7, 11) is 2.03. The minimum Gasteiger partial charge on any atom is -0.336 e. The van der Waals surface area contributed by atoms with Crippen LogP contribution in [0.2, 0.25) is 0 Å². The van der Waals surface area contributed by atoms with E-state index < -0.39 is 10.8 Å². The Morgan fingerprint density at radius 3 is 2.47 bits per heavy atom. The molecule has 1 saturated heterocycles. The summed E-state index contributed by atoms with van der Waals surface area (Å²) in [6.45, 7) is 3.06. The molecule has 30 heavy (non-hydrogen) atoms. The quantitative estimate of drug-likeness (QED) is 0.503. The van der Waals surface area contributed by atoms with Gasteiger partial charge in [-0.1, -0.05) is 0 Å². The number of carbonyl (C=O) groups is 2. The number of aromatic nitrogens is 2. The number of anilines is 1. The Bertz CT molecular complexity index is 1120. The van der Waals surface area contributed by atoms with Crippen molar-refractivity contribution in [1.29, 1.82) is 0 Å². The summed E-state index contributed by atoms with van der Waals surface area (Å²) < 4.78 is 0. The van der Waals surface area contributed by atoms with Crippen LogP contribution in [0.1, 0.15) is 20.8 Å². The highest BCUT2D eigenvalue weighted by atomic mass is 16.6. The van der Waals surface area contributed by atoms with E-state index in [0.717, 1.165) is 13.1 Å². The van der Waals surface area contributed by atoms with E-state index in [-0.39, 0.29) is 17.3 Å². The predicted molar refractivity (Wildman–Crippen MR) is 111 cm³/mol. The van der Waals surface area contributed by atoms with Crippen LogP contribution in [-0.2, 0) is 0 Å². The van der Waals surface area contributed by atoms with E-state index in [1.165, 1.54) is 18.2 Å². The van der Waals surface area contributed by atoms with E-state index >= 15 is 0 Å². The van der Waals surface area contributed by atoms with E-state index in [1.54, 1.807) is 24.3 Å². The van der Waals surface area contributed by atoms with Gasteiger partial charge < -0.3 is 15.1 Å². The minimum atomic E-state index is -0.524. The first kappa shape index (κ1) is 19.5. The molecule has 4 rings (SSSR count). The molecule has 0 aliphatic carbocycles. The Hall–Kier alpha value is -3.79. The molecule has 10 nitrogen and oxygen atoms in total. The predicted octanol–water partition coefficient (Wildman–Crippen LogP) is 2.11. The smallest absolute Gasteiger partial charge is 0.276 e. The van der Waals surface area contributed by atoms with E-state index in [9.17, 15) is 19.7 Å². The van der Waals surface area contributed by atoms with E-state index in [1.807, 2.05) is 11.9 Å². The monoisotopic (exact) mass is 408 g/mol. The van der Waals surface area contributed by atoms with Crippen molar-refractivity contribution >= 4 is 34.1 Å². The van der Waals surface area contributed by atoms with Gasteiger partial charge in [-0.2, -0.15) is 5.10 Å². The van der Waals surface area contributed by atoms with Crippen LogP contribution in [0.3, 0.4) is 0 Å². The van der Waals surface area contributed by atoms with E-state index in [4.69, 9.17) is 0 Å². The van der Waals surface area contributed by atoms with Crippen LogP contribution in [0.15, 0.2) is 42.5 Å². The van der Waals surface area contributed by atoms with Crippen LogP contribution < -0.4 is 5.32 Å². The molecule has 154 valence electrons. The largest absolute Gasteiger partial charge is 0.336 e. The lowest BCUT2D eigenvalue weighted by atomic mass is 10.1. The van der Waals surface area contributed by atoms with Gasteiger partial charge in [0.2, 0.25) is 0 Å². The van der Waals surface area contributed by atoms with Gasteiger partial charge in [-0.3, -0.25) is 24.8 Å². The third kappa shape index (κ3) is 3.85. The molecule has 0 radical (unpaired) electrons. The van der Waals surface area contributed by atoms with Gasteiger partial charge in [-0.25, -0.2) is 0 Å². The molecule has 0 spiro atoms. The summed E-state index contributed by atoms with van der Waals surface area (Å²) in [4.78, 5) is 39.7. The topological polar surface area (TPSA) is 124 Å². The van der Waals surface area contributed by atoms with Crippen LogP contribution in [-0.4, -0.2) is 70.0 Å². The second kappa shape index (κ2) is 7.91. The lowest BCUT2D eigenvalue weighted by Gasteiger charge is -2.32. The van der Waals surface area contributed by atoms with Crippen LogP contribution in [0.4, 0.5) is 11.4 Å². The zero-order valence-corrected chi connectivity index (χ0v) is 16.3. The van der Waals surface area contributed by atoms with E-state index in [2.05, 4.69) is 20.4 Å². The normalized spacial score (nSPS) is 14.6. The molecule has 2 aromatic carbocycles. The second-order valence-corrected chi connectivity index (χ2v) is 7.19. The maximum Gasteiger partial charge on any atom is 0.276 e. The molecule has 1 fully saturated rings. The molecule has 0 unspecified atom stereocenters. The van der Waals surface area contributed by atoms with Crippen LogP contribution in [0.5, 0.6) is 0 Å². The van der Waals surface area contributed by atoms with Gasteiger partial charge in [-0.05, 0) is 37.4 Å². The van der Waals surface area contributed by atoms with Gasteiger partial charge >= 0.3 is 0 Å². The summed E-state index contributed by atoms with van der Waals surface area (Å²) in [5.74, 6) is -0.536. The molecule has 2 amide bonds. The molecule has 10 heteroatoms. The summed E-state index contributed by atoms with van der Waals surface area (Å²) in [5.41, 5.74) is 1.52. The highest BCUT2D eigenvalue weighted by molar-refractivity contribution is 6.11. The third-order valence-corrected chi connectivity index (χ3v) is 5.15. The maximum atomic E-state index is 12.6. The zero-order chi connectivity index (χ0) is 21.3. The highest BCUT2D eigenvalue weighted by Crippen LogP contribution is 2.23. The zero-order valence-electron chi connectivity index (χ0n) is 16.3. The number of hydrogen-bond donors (Lipinski definition) is 2. The molecule has 1 aliphatic rings. The molecule has 0 saturated carbocycles. The van der Waals surface area contributed by atoms with Gasteiger partial charge in [0.15, 0.2) is 5.69 Å². The Morgan fingerprint density at radius 1 is 1.10 bits per heavy atom. The minimum absolute atomic E-state index is 0.0356. The van der Waals surface area contributed by atoms with Gasteiger partial charge in [0.25, 0.3) is 17.5 Å². The average Bonchev–Trinajstić information content (AvgIpc) is 3.18. The fourth-order valence-corrected chi connectivity index (χ4v) is 3.37. The van der Waals surface area contributed by atoms with Gasteiger partial charge in [0.05, 0.1) is 10.4 Å².